The van der Waals surface area contributed by atoms with Crippen LogP contribution in [0.5, 0.6) is 0 Å². The molecule has 1 fully saturated rings. The molecule has 0 amide bonds. The zero-order valence-electron chi connectivity index (χ0n) is 5.48. The number of rotatable bonds is 0. The molecular formula is C5H10O5. The summed E-state index contributed by atoms with van der Waals surface area (Å²) in [5.74, 6) is -4.64. The first kappa shape index (κ1) is 7.90. The Morgan fingerprint density at radius 3 is 2.00 bits per heavy atom. The number of hydrogen-bond donors (Lipinski definition) is 4. The second kappa shape index (κ2) is 1.90. The van der Waals surface area contributed by atoms with Crippen LogP contribution in [0.4, 0.5) is 0 Å². The van der Waals surface area contributed by atoms with Crippen molar-refractivity contribution in [3.8, 4) is 0 Å². The SMILES string of the molecule is [13CH3][C@]1(O)OC[C@H](O)C1(O)O. The molecule has 5 heteroatoms. The maximum Gasteiger partial charge on any atom is 0.247 e. The van der Waals surface area contributed by atoms with Crippen molar-refractivity contribution in [1.29, 1.82) is 0 Å². The summed E-state index contributed by atoms with van der Waals surface area (Å²) in [6, 6.07) is 0. The van der Waals surface area contributed by atoms with E-state index in [1.54, 1.807) is 0 Å². The zero-order valence-corrected chi connectivity index (χ0v) is 5.48. The second-order valence-electron chi connectivity index (χ2n) is 2.54. The summed E-state index contributed by atoms with van der Waals surface area (Å²) in [6.07, 6.45) is -1.46. The number of ether oxygens (including phenoxy) is 1. The molecule has 1 aliphatic heterocycles. The fraction of sp³-hybridized carbons (Fsp3) is 1.00. The van der Waals surface area contributed by atoms with Gasteiger partial charge in [0.2, 0.25) is 11.6 Å². The van der Waals surface area contributed by atoms with Gasteiger partial charge in [-0.2, -0.15) is 0 Å². The first-order chi connectivity index (χ1) is 4.38. The molecule has 0 aromatic rings. The quantitative estimate of drug-likeness (QED) is 0.232. The van der Waals surface area contributed by atoms with E-state index < -0.39 is 17.7 Å². The van der Waals surface area contributed by atoms with Crippen molar-refractivity contribution in [2.45, 2.75) is 24.6 Å². The van der Waals surface area contributed by atoms with Crippen molar-refractivity contribution in [1.82, 2.24) is 0 Å². The minimum absolute atomic E-state index is 0.278. The van der Waals surface area contributed by atoms with Crippen molar-refractivity contribution >= 4 is 0 Å². The van der Waals surface area contributed by atoms with Crippen LogP contribution < -0.4 is 0 Å². The molecule has 0 unspecified atom stereocenters. The van der Waals surface area contributed by atoms with E-state index in [2.05, 4.69) is 4.74 Å². The van der Waals surface area contributed by atoms with Gasteiger partial charge in [0, 0.05) is 0 Å². The molecule has 0 aromatic heterocycles. The highest BCUT2D eigenvalue weighted by molar-refractivity contribution is 4.92. The molecule has 10 heavy (non-hydrogen) atoms. The van der Waals surface area contributed by atoms with Gasteiger partial charge in [-0.15, -0.1) is 0 Å². The fourth-order valence-corrected chi connectivity index (χ4v) is 0.773. The number of aliphatic hydroxyl groups excluding tert-OH is 1. The van der Waals surface area contributed by atoms with Crippen molar-refractivity contribution < 1.29 is 25.2 Å². The highest BCUT2D eigenvalue weighted by atomic mass is 16.7. The van der Waals surface area contributed by atoms with Crippen molar-refractivity contribution in [2.75, 3.05) is 6.61 Å². The highest BCUT2D eigenvalue weighted by Crippen LogP contribution is 2.31. The van der Waals surface area contributed by atoms with Crippen LogP contribution in [0.1, 0.15) is 6.92 Å². The van der Waals surface area contributed by atoms with Crippen molar-refractivity contribution in [2.24, 2.45) is 0 Å². The van der Waals surface area contributed by atoms with Gasteiger partial charge in [0.05, 0.1) is 6.61 Å². The summed E-state index contributed by atoms with van der Waals surface area (Å²) < 4.78 is 4.47. The molecule has 0 spiro atoms. The van der Waals surface area contributed by atoms with Crippen LogP contribution >= 0.6 is 0 Å². The Morgan fingerprint density at radius 1 is 1.40 bits per heavy atom. The Labute approximate surface area is 57.5 Å². The Hall–Kier alpha value is -0.200. The molecule has 0 bridgehead atoms. The lowest BCUT2D eigenvalue weighted by atomic mass is 10.1. The molecule has 2 atom stereocenters. The minimum atomic E-state index is -2.56. The zero-order chi connectivity index (χ0) is 7.99. The van der Waals surface area contributed by atoms with Crippen LogP contribution in [0.2, 0.25) is 0 Å². The fourth-order valence-electron chi connectivity index (χ4n) is 0.773. The maximum atomic E-state index is 9.01. The lowest BCUT2D eigenvalue weighted by Crippen LogP contribution is -2.54. The smallest absolute Gasteiger partial charge is 0.247 e. The average molecular weight is 151 g/mol. The Morgan fingerprint density at radius 2 is 1.90 bits per heavy atom. The Kier molecular flexibility index (Phi) is 1.50. The molecule has 60 valence electrons. The van der Waals surface area contributed by atoms with Crippen LogP contribution in [-0.2, 0) is 4.74 Å². The number of aliphatic hydroxyl groups is 4. The van der Waals surface area contributed by atoms with Crippen molar-refractivity contribution in [3.05, 3.63) is 0 Å². The van der Waals surface area contributed by atoms with Crippen LogP contribution in [0.3, 0.4) is 0 Å². The van der Waals surface area contributed by atoms with Gasteiger partial charge < -0.3 is 25.2 Å². The Bertz CT molecular complexity index is 141. The van der Waals surface area contributed by atoms with Crippen LogP contribution in [0, 0.1) is 0 Å². The van der Waals surface area contributed by atoms with E-state index in [4.69, 9.17) is 20.4 Å². The number of hydrogen-bond acceptors (Lipinski definition) is 5. The molecule has 1 saturated heterocycles. The molecule has 0 radical (unpaired) electrons. The molecule has 5 nitrogen and oxygen atoms in total. The van der Waals surface area contributed by atoms with Gasteiger partial charge >= 0.3 is 0 Å². The largest absolute Gasteiger partial charge is 0.385 e. The predicted molar refractivity (Wildman–Crippen MR) is 29.8 cm³/mol. The summed E-state index contributed by atoms with van der Waals surface area (Å²) in [6.45, 7) is 0.795. The molecule has 0 saturated carbocycles. The second-order valence-corrected chi connectivity index (χ2v) is 2.54. The predicted octanol–water partition coefficient (Wildman–Crippen LogP) is -2.23. The third-order valence-electron chi connectivity index (χ3n) is 1.67. The summed E-state index contributed by atoms with van der Waals surface area (Å²) >= 11 is 0. The molecule has 1 heterocycles. The van der Waals surface area contributed by atoms with Gasteiger partial charge in [0.25, 0.3) is 0 Å². The van der Waals surface area contributed by atoms with E-state index in [1.807, 2.05) is 0 Å². The highest BCUT2D eigenvalue weighted by Gasteiger charge is 2.57. The lowest BCUT2D eigenvalue weighted by molar-refractivity contribution is -0.335. The van der Waals surface area contributed by atoms with Crippen LogP contribution in [-0.4, -0.2) is 44.7 Å². The standard InChI is InChI=1S/C5H10O5/c1-4(7)5(8,9)3(6)2-10-4/h3,6-9H,2H2,1H3/t3-,4-/m0/s1/i1+1. The van der Waals surface area contributed by atoms with E-state index in [1.165, 1.54) is 0 Å². The lowest BCUT2D eigenvalue weighted by Gasteiger charge is -2.28. The van der Waals surface area contributed by atoms with E-state index in [9.17, 15) is 0 Å². The third-order valence-corrected chi connectivity index (χ3v) is 1.67. The average Bonchev–Trinajstić information content (AvgIpc) is 1.94. The van der Waals surface area contributed by atoms with Crippen LogP contribution in [0.25, 0.3) is 0 Å². The first-order valence-corrected chi connectivity index (χ1v) is 2.87. The third kappa shape index (κ3) is 0.834. The topological polar surface area (TPSA) is 90.2 Å². The van der Waals surface area contributed by atoms with Crippen molar-refractivity contribution in [3.63, 3.8) is 0 Å². The monoisotopic (exact) mass is 151 g/mol. The van der Waals surface area contributed by atoms with Crippen LogP contribution in [0.15, 0.2) is 0 Å². The van der Waals surface area contributed by atoms with Gasteiger partial charge in [0.15, 0.2) is 0 Å². The summed E-state index contributed by atoms with van der Waals surface area (Å²) in [4.78, 5) is 0. The maximum absolute atomic E-state index is 9.01. The minimum Gasteiger partial charge on any atom is -0.385 e. The normalized spacial score (nSPS) is 45.9. The first-order valence-electron chi connectivity index (χ1n) is 2.87. The van der Waals surface area contributed by atoms with Gasteiger partial charge in [-0.3, -0.25) is 0 Å². The molecule has 1 aliphatic rings. The van der Waals surface area contributed by atoms with Gasteiger partial charge in [-0.05, 0) is 6.92 Å². The van der Waals surface area contributed by atoms with Gasteiger partial charge in [-0.25, -0.2) is 0 Å². The molecule has 0 aliphatic carbocycles. The van der Waals surface area contributed by atoms with Gasteiger partial charge in [0.1, 0.15) is 6.10 Å². The molecule has 4 N–H and O–H groups in total. The molecular weight excluding hydrogens is 141 g/mol. The van der Waals surface area contributed by atoms with E-state index in [-0.39, 0.29) is 6.61 Å². The summed E-state index contributed by atoms with van der Waals surface area (Å²) in [7, 11) is 0. The van der Waals surface area contributed by atoms with E-state index in [0.29, 0.717) is 0 Å². The van der Waals surface area contributed by atoms with E-state index >= 15 is 0 Å². The summed E-state index contributed by atoms with van der Waals surface area (Å²) in [5, 5.41) is 35.7. The molecule has 0 aromatic carbocycles. The van der Waals surface area contributed by atoms with E-state index in [0.717, 1.165) is 6.92 Å². The molecule has 1 rings (SSSR count). The summed E-state index contributed by atoms with van der Waals surface area (Å²) in [5.41, 5.74) is 0. The Balaban J connectivity index is 2.84. The van der Waals surface area contributed by atoms with Gasteiger partial charge in [-0.1, -0.05) is 0 Å².